The number of aromatic amines is 1. The number of allylic oxidation sites excluding steroid dienone is 4. The van der Waals surface area contributed by atoms with Gasteiger partial charge in [0.05, 0.1) is 11.4 Å². The zero-order valence-electron chi connectivity index (χ0n) is 14.9. The fourth-order valence-electron chi connectivity index (χ4n) is 3.53. The zero-order valence-corrected chi connectivity index (χ0v) is 14.9. The highest BCUT2D eigenvalue weighted by Crippen LogP contribution is 2.57. The van der Waals surface area contributed by atoms with Gasteiger partial charge < -0.3 is 4.98 Å². The van der Waals surface area contributed by atoms with Crippen LogP contribution in [-0.2, 0) is 0 Å². The second kappa shape index (κ2) is 6.23. The molecule has 0 radical (unpaired) electrons. The van der Waals surface area contributed by atoms with Crippen molar-refractivity contribution in [3.8, 4) is 5.69 Å². The van der Waals surface area contributed by atoms with Crippen molar-refractivity contribution in [2.45, 2.75) is 25.7 Å². The van der Waals surface area contributed by atoms with Crippen LogP contribution in [0.5, 0.6) is 0 Å². The lowest BCUT2D eigenvalue weighted by atomic mass is 9.75. The Labute approximate surface area is 160 Å². The van der Waals surface area contributed by atoms with Crippen LogP contribution in [0.3, 0.4) is 0 Å². The van der Waals surface area contributed by atoms with E-state index < -0.39 is 24.2 Å². The number of H-pyrrole nitrogens is 1. The molecule has 1 aliphatic carbocycles. The number of aromatic nitrogens is 4. The summed E-state index contributed by atoms with van der Waals surface area (Å²) in [7, 11) is 0. The molecule has 0 aliphatic heterocycles. The highest BCUT2D eigenvalue weighted by Gasteiger charge is 2.69. The highest BCUT2D eigenvalue weighted by atomic mass is 19.4. The Bertz CT molecular complexity index is 1120. The standard InChI is InChI=1S/C19H14F6N4/c1-11-14(10-29(28-11)15-5-8-27-16-13(15)4-7-26-16)12-3-2-6-17(9-12,18(20,21)22)19(23,24)25/h2-8,10H,9H2,1H3,(H,26,27). The molecule has 3 heterocycles. The monoisotopic (exact) mass is 412 g/mol. The molecule has 0 saturated heterocycles. The molecular formula is C19H14F6N4. The molecule has 0 atom stereocenters. The first-order valence-electron chi connectivity index (χ1n) is 8.54. The number of pyridine rings is 1. The van der Waals surface area contributed by atoms with Crippen LogP contribution in [-0.4, -0.2) is 32.1 Å². The van der Waals surface area contributed by atoms with Crippen molar-refractivity contribution in [3.05, 3.63) is 60.2 Å². The van der Waals surface area contributed by atoms with E-state index in [4.69, 9.17) is 0 Å². The summed E-state index contributed by atoms with van der Waals surface area (Å²) < 4.78 is 82.2. The molecule has 0 amide bonds. The van der Waals surface area contributed by atoms with Crippen LogP contribution in [0.15, 0.2) is 49.0 Å². The van der Waals surface area contributed by atoms with E-state index in [1.807, 2.05) is 0 Å². The third-order valence-electron chi connectivity index (χ3n) is 5.09. The minimum absolute atomic E-state index is 0.0785. The molecule has 10 heteroatoms. The van der Waals surface area contributed by atoms with Crippen LogP contribution >= 0.6 is 0 Å². The summed E-state index contributed by atoms with van der Waals surface area (Å²) in [4.78, 5) is 7.09. The molecule has 0 fully saturated rings. The minimum atomic E-state index is -5.48. The summed E-state index contributed by atoms with van der Waals surface area (Å²) in [5.74, 6) is 0. The average Bonchev–Trinajstić information content (AvgIpc) is 3.26. The quantitative estimate of drug-likeness (QED) is 0.564. The van der Waals surface area contributed by atoms with Gasteiger partial charge in [-0.1, -0.05) is 18.2 Å². The van der Waals surface area contributed by atoms with E-state index in [2.05, 4.69) is 15.1 Å². The number of hydrogen-bond donors (Lipinski definition) is 1. The zero-order chi connectivity index (χ0) is 21.0. The largest absolute Gasteiger partial charge is 0.406 e. The number of halogens is 6. The van der Waals surface area contributed by atoms with E-state index in [9.17, 15) is 26.3 Å². The molecule has 0 aromatic carbocycles. The van der Waals surface area contributed by atoms with E-state index in [0.717, 1.165) is 11.5 Å². The number of alkyl halides is 6. The predicted octanol–water partition coefficient (Wildman–Crippen LogP) is 5.51. The van der Waals surface area contributed by atoms with Gasteiger partial charge in [0.1, 0.15) is 5.65 Å². The van der Waals surface area contributed by atoms with Gasteiger partial charge in [-0.25, -0.2) is 9.67 Å². The molecule has 1 N–H and O–H groups in total. The molecule has 3 aromatic rings. The van der Waals surface area contributed by atoms with E-state index in [0.29, 0.717) is 17.0 Å². The Hall–Kier alpha value is -3.04. The molecule has 0 unspecified atom stereocenters. The van der Waals surface area contributed by atoms with E-state index in [1.165, 1.54) is 23.2 Å². The van der Waals surface area contributed by atoms with Gasteiger partial charge in [-0.05, 0) is 31.1 Å². The number of fused-ring (bicyclic) bond motifs is 1. The van der Waals surface area contributed by atoms with E-state index in [-0.39, 0.29) is 17.2 Å². The normalized spacial score (nSPS) is 17.0. The smallest absolute Gasteiger partial charge is 0.346 e. The fraction of sp³-hybridized carbons (Fsp3) is 0.263. The van der Waals surface area contributed by atoms with Crippen LogP contribution in [0.1, 0.15) is 17.7 Å². The molecule has 0 spiro atoms. The SMILES string of the molecule is Cc1nn(-c2ccnc3[nH]ccc23)cc1C1=CC=CC(C(F)(F)F)(C(F)(F)F)C1. The maximum absolute atomic E-state index is 13.5. The van der Waals surface area contributed by atoms with Crippen LogP contribution in [0, 0.1) is 12.3 Å². The summed E-state index contributed by atoms with van der Waals surface area (Å²) in [5, 5.41) is 5.03. The topological polar surface area (TPSA) is 46.5 Å². The maximum Gasteiger partial charge on any atom is 0.406 e. The first-order chi connectivity index (χ1) is 13.5. The van der Waals surface area contributed by atoms with Gasteiger partial charge in [0.25, 0.3) is 0 Å². The van der Waals surface area contributed by atoms with E-state index in [1.54, 1.807) is 25.3 Å². The lowest BCUT2D eigenvalue weighted by Gasteiger charge is -2.37. The average molecular weight is 412 g/mol. The van der Waals surface area contributed by atoms with Gasteiger partial charge >= 0.3 is 12.4 Å². The van der Waals surface area contributed by atoms with Gasteiger partial charge in [-0.15, -0.1) is 0 Å². The van der Waals surface area contributed by atoms with Crippen LogP contribution < -0.4 is 0 Å². The minimum Gasteiger partial charge on any atom is -0.346 e. The van der Waals surface area contributed by atoms with Gasteiger partial charge in [-0.2, -0.15) is 31.4 Å². The molecule has 29 heavy (non-hydrogen) atoms. The summed E-state index contributed by atoms with van der Waals surface area (Å²) in [5.41, 5.74) is -2.26. The third kappa shape index (κ3) is 2.93. The van der Waals surface area contributed by atoms with Crippen molar-refractivity contribution in [2.24, 2.45) is 5.41 Å². The Balaban J connectivity index is 1.78. The van der Waals surface area contributed by atoms with Gasteiger partial charge in [-0.3, -0.25) is 0 Å². The van der Waals surface area contributed by atoms with Crippen molar-refractivity contribution in [2.75, 3.05) is 0 Å². The number of nitrogens with zero attached hydrogens (tertiary/aromatic N) is 3. The second-order valence-corrected chi connectivity index (χ2v) is 6.84. The first kappa shape index (κ1) is 19.3. The van der Waals surface area contributed by atoms with Crippen molar-refractivity contribution in [1.82, 2.24) is 19.7 Å². The second-order valence-electron chi connectivity index (χ2n) is 6.84. The van der Waals surface area contributed by atoms with E-state index >= 15 is 0 Å². The number of hydrogen-bond acceptors (Lipinski definition) is 2. The maximum atomic E-state index is 13.5. The van der Waals surface area contributed by atoms with Crippen molar-refractivity contribution < 1.29 is 26.3 Å². The number of aryl methyl sites for hydroxylation is 1. The molecule has 0 saturated carbocycles. The Morgan fingerprint density at radius 2 is 1.83 bits per heavy atom. The predicted molar refractivity (Wildman–Crippen MR) is 94.2 cm³/mol. The summed E-state index contributed by atoms with van der Waals surface area (Å²) in [6.07, 6.45) is -5.28. The molecule has 4 nitrogen and oxygen atoms in total. The molecule has 152 valence electrons. The van der Waals surface area contributed by atoms with Crippen molar-refractivity contribution >= 4 is 16.6 Å². The third-order valence-corrected chi connectivity index (χ3v) is 5.09. The Morgan fingerprint density at radius 3 is 2.52 bits per heavy atom. The molecule has 0 bridgehead atoms. The molecular weight excluding hydrogens is 398 g/mol. The van der Waals surface area contributed by atoms with Crippen LogP contribution in [0.2, 0.25) is 0 Å². The van der Waals surface area contributed by atoms with Crippen molar-refractivity contribution in [3.63, 3.8) is 0 Å². The van der Waals surface area contributed by atoms with Gasteiger partial charge in [0.15, 0.2) is 5.41 Å². The summed E-state index contributed by atoms with van der Waals surface area (Å²) in [6, 6.07) is 3.42. The highest BCUT2D eigenvalue weighted by molar-refractivity contribution is 5.84. The molecule has 1 aliphatic rings. The summed E-state index contributed by atoms with van der Waals surface area (Å²) in [6.45, 7) is 1.54. The lowest BCUT2D eigenvalue weighted by molar-refractivity contribution is -0.319. The number of rotatable bonds is 2. The Morgan fingerprint density at radius 1 is 1.10 bits per heavy atom. The lowest BCUT2D eigenvalue weighted by Crippen LogP contribution is -2.49. The van der Waals surface area contributed by atoms with Gasteiger partial charge in [0.2, 0.25) is 0 Å². The van der Waals surface area contributed by atoms with Crippen LogP contribution in [0.4, 0.5) is 26.3 Å². The van der Waals surface area contributed by atoms with Crippen molar-refractivity contribution in [1.29, 1.82) is 0 Å². The fourth-order valence-corrected chi connectivity index (χ4v) is 3.53. The summed E-state index contributed by atoms with van der Waals surface area (Å²) >= 11 is 0. The Kier molecular flexibility index (Phi) is 4.14. The molecule has 4 rings (SSSR count). The molecule has 3 aromatic heterocycles. The van der Waals surface area contributed by atoms with Gasteiger partial charge in [0, 0.05) is 29.5 Å². The van der Waals surface area contributed by atoms with Crippen LogP contribution in [0.25, 0.3) is 22.3 Å². The first-order valence-corrected chi connectivity index (χ1v) is 8.54. The number of nitrogens with one attached hydrogen (secondary N) is 1.